The Morgan fingerprint density at radius 2 is 2.11 bits per heavy atom. The van der Waals surface area contributed by atoms with Gasteiger partial charge in [0.15, 0.2) is 0 Å². The molecule has 104 valence electrons. The summed E-state index contributed by atoms with van der Waals surface area (Å²) < 4.78 is 26.9. The van der Waals surface area contributed by atoms with Gasteiger partial charge in [0.1, 0.15) is 0 Å². The van der Waals surface area contributed by atoms with Crippen LogP contribution < -0.4 is 5.32 Å². The molecule has 0 unspecified atom stereocenters. The lowest BCUT2D eigenvalue weighted by Gasteiger charge is -2.10. The third kappa shape index (κ3) is 5.43. The third-order valence-electron chi connectivity index (χ3n) is 2.95. The van der Waals surface area contributed by atoms with Gasteiger partial charge in [-0.2, -0.15) is 8.42 Å². The topological polar surface area (TPSA) is 66.4 Å². The molecular weight excluding hydrogens is 262 g/mol. The summed E-state index contributed by atoms with van der Waals surface area (Å²) in [5.41, 5.74) is 2.90. The molecule has 0 saturated heterocycles. The second kappa shape index (κ2) is 7.29. The van der Waals surface area contributed by atoms with E-state index in [0.717, 1.165) is 0 Å². The van der Waals surface area contributed by atoms with Crippen molar-refractivity contribution in [3.05, 3.63) is 35.4 Å². The van der Waals surface area contributed by atoms with Crippen LogP contribution in [0.5, 0.6) is 0 Å². The van der Waals surface area contributed by atoms with Crippen molar-refractivity contribution in [1.29, 1.82) is 0 Å². The molecule has 1 aromatic carbocycles. The van der Waals surface area contributed by atoms with Gasteiger partial charge in [0.25, 0.3) is 10.1 Å². The van der Waals surface area contributed by atoms with Crippen molar-refractivity contribution in [2.24, 2.45) is 0 Å². The SMILES string of the molecule is C#CCN[C@H]1CCc2ccccc21.CCS(=O)(=O)O. The van der Waals surface area contributed by atoms with Crippen LogP contribution >= 0.6 is 0 Å². The minimum Gasteiger partial charge on any atom is -0.299 e. The Balaban J connectivity index is 0.000000258. The quantitative estimate of drug-likeness (QED) is 0.655. The Morgan fingerprint density at radius 1 is 1.47 bits per heavy atom. The van der Waals surface area contributed by atoms with Crippen molar-refractivity contribution >= 4 is 10.1 Å². The summed E-state index contributed by atoms with van der Waals surface area (Å²) in [5, 5.41) is 3.35. The van der Waals surface area contributed by atoms with E-state index in [0.29, 0.717) is 12.6 Å². The molecule has 1 aliphatic rings. The van der Waals surface area contributed by atoms with E-state index >= 15 is 0 Å². The predicted octanol–water partition coefficient (Wildman–Crippen LogP) is 1.79. The second-order valence-electron chi connectivity index (χ2n) is 4.25. The Labute approximate surface area is 115 Å². The lowest BCUT2D eigenvalue weighted by molar-refractivity contribution is 0.484. The molecule has 0 heterocycles. The highest BCUT2D eigenvalue weighted by molar-refractivity contribution is 7.85. The average molecular weight is 281 g/mol. The van der Waals surface area contributed by atoms with Gasteiger partial charge in [0.2, 0.25) is 0 Å². The number of hydrogen-bond acceptors (Lipinski definition) is 3. The molecule has 1 aliphatic carbocycles. The van der Waals surface area contributed by atoms with E-state index in [-0.39, 0.29) is 5.75 Å². The minimum atomic E-state index is -3.66. The molecule has 19 heavy (non-hydrogen) atoms. The second-order valence-corrected chi connectivity index (χ2v) is 5.99. The fourth-order valence-electron chi connectivity index (χ4n) is 1.95. The smallest absolute Gasteiger partial charge is 0.264 e. The van der Waals surface area contributed by atoms with E-state index < -0.39 is 10.1 Å². The van der Waals surface area contributed by atoms with Gasteiger partial charge >= 0.3 is 0 Å². The van der Waals surface area contributed by atoms with E-state index in [4.69, 9.17) is 11.0 Å². The van der Waals surface area contributed by atoms with Crippen molar-refractivity contribution in [3.63, 3.8) is 0 Å². The first-order valence-corrected chi connectivity index (χ1v) is 7.78. The van der Waals surface area contributed by atoms with Gasteiger partial charge in [-0.3, -0.25) is 9.87 Å². The summed E-state index contributed by atoms with van der Waals surface area (Å²) in [4.78, 5) is 0. The number of fused-ring (bicyclic) bond motifs is 1. The van der Waals surface area contributed by atoms with Gasteiger partial charge < -0.3 is 0 Å². The molecule has 0 aliphatic heterocycles. The minimum absolute atomic E-state index is 0.201. The van der Waals surface area contributed by atoms with Crippen molar-refractivity contribution in [1.82, 2.24) is 5.32 Å². The van der Waals surface area contributed by atoms with Crippen molar-refractivity contribution in [2.45, 2.75) is 25.8 Å². The van der Waals surface area contributed by atoms with Crippen LogP contribution in [0, 0.1) is 12.3 Å². The van der Waals surface area contributed by atoms with Crippen LogP contribution in [0.1, 0.15) is 30.5 Å². The fourth-order valence-corrected chi connectivity index (χ4v) is 1.95. The van der Waals surface area contributed by atoms with Crippen molar-refractivity contribution in [2.75, 3.05) is 12.3 Å². The average Bonchev–Trinajstić information content (AvgIpc) is 2.79. The molecule has 0 aromatic heterocycles. The van der Waals surface area contributed by atoms with E-state index in [1.807, 2.05) is 0 Å². The van der Waals surface area contributed by atoms with Crippen LogP contribution in [0.3, 0.4) is 0 Å². The highest BCUT2D eigenvalue weighted by Crippen LogP contribution is 2.30. The maximum atomic E-state index is 9.56. The first kappa shape index (κ1) is 15.7. The summed E-state index contributed by atoms with van der Waals surface area (Å²) in [5.74, 6) is 2.41. The van der Waals surface area contributed by atoms with Gasteiger partial charge in [-0.15, -0.1) is 6.42 Å². The lowest BCUT2D eigenvalue weighted by Crippen LogP contribution is -2.19. The third-order valence-corrected chi connectivity index (χ3v) is 3.68. The number of nitrogens with one attached hydrogen (secondary N) is 1. The largest absolute Gasteiger partial charge is 0.299 e. The zero-order valence-corrected chi connectivity index (χ0v) is 11.8. The number of aryl methyl sites for hydroxylation is 1. The summed E-state index contributed by atoms with van der Waals surface area (Å²) in [7, 11) is -3.66. The van der Waals surface area contributed by atoms with Crippen molar-refractivity contribution < 1.29 is 13.0 Å². The van der Waals surface area contributed by atoms with Crippen LogP contribution in [0.25, 0.3) is 0 Å². The molecule has 0 saturated carbocycles. The van der Waals surface area contributed by atoms with Crippen LogP contribution in [0.2, 0.25) is 0 Å². The first-order chi connectivity index (χ1) is 8.98. The Hall–Kier alpha value is -1.35. The van der Waals surface area contributed by atoms with Crippen LogP contribution in [-0.2, 0) is 16.5 Å². The molecule has 0 radical (unpaired) electrons. The number of hydrogen-bond donors (Lipinski definition) is 2. The fraction of sp³-hybridized carbons (Fsp3) is 0.429. The van der Waals surface area contributed by atoms with Crippen molar-refractivity contribution in [3.8, 4) is 12.3 Å². The molecule has 2 rings (SSSR count). The number of rotatable bonds is 3. The molecule has 0 spiro atoms. The first-order valence-electron chi connectivity index (χ1n) is 6.17. The molecule has 5 heteroatoms. The molecule has 0 fully saturated rings. The lowest BCUT2D eigenvalue weighted by atomic mass is 10.1. The van der Waals surface area contributed by atoms with Crippen LogP contribution in [0.15, 0.2) is 24.3 Å². The van der Waals surface area contributed by atoms with Crippen LogP contribution in [-0.4, -0.2) is 25.3 Å². The van der Waals surface area contributed by atoms with E-state index in [9.17, 15) is 8.42 Å². The van der Waals surface area contributed by atoms with E-state index in [1.54, 1.807) is 0 Å². The van der Waals surface area contributed by atoms with E-state index in [2.05, 4.69) is 35.5 Å². The molecule has 1 aromatic rings. The van der Waals surface area contributed by atoms with Crippen LogP contribution in [0.4, 0.5) is 0 Å². The Kier molecular flexibility index (Phi) is 6.03. The summed E-state index contributed by atoms with van der Waals surface area (Å²) in [6.45, 7) is 2.04. The summed E-state index contributed by atoms with van der Waals surface area (Å²) >= 11 is 0. The maximum Gasteiger partial charge on any atom is 0.264 e. The highest BCUT2D eigenvalue weighted by Gasteiger charge is 2.20. The van der Waals surface area contributed by atoms with E-state index in [1.165, 1.54) is 30.9 Å². The Morgan fingerprint density at radius 3 is 2.68 bits per heavy atom. The Bertz CT molecular complexity index is 546. The molecule has 4 nitrogen and oxygen atoms in total. The van der Waals surface area contributed by atoms with Gasteiger partial charge in [0.05, 0.1) is 12.3 Å². The monoisotopic (exact) mass is 281 g/mol. The molecule has 0 amide bonds. The highest BCUT2D eigenvalue weighted by atomic mass is 32.2. The standard InChI is InChI=1S/C12H13N.C2H6O3S/c1-2-9-13-12-8-7-10-5-3-4-6-11(10)12;1-2-6(3,4)5/h1,3-6,12-13H,7-9H2;2H2,1H3,(H,3,4,5)/t12-;/m0./s1. The maximum absolute atomic E-state index is 9.56. The molecule has 0 bridgehead atoms. The normalized spacial score (nSPS) is 17.0. The van der Waals surface area contributed by atoms with Gasteiger partial charge in [-0.05, 0) is 30.9 Å². The molecule has 2 N–H and O–H groups in total. The zero-order chi connectivity index (χ0) is 14.3. The molecule has 1 atom stereocenters. The number of terminal acetylenes is 1. The zero-order valence-electron chi connectivity index (χ0n) is 11.0. The predicted molar refractivity (Wildman–Crippen MR) is 76.4 cm³/mol. The molecular formula is C14H19NO3S. The van der Waals surface area contributed by atoms with Gasteiger partial charge in [0, 0.05) is 6.04 Å². The summed E-state index contributed by atoms with van der Waals surface area (Å²) in [6, 6.07) is 9.06. The van der Waals surface area contributed by atoms with Gasteiger partial charge in [-0.1, -0.05) is 30.2 Å². The summed E-state index contributed by atoms with van der Waals surface area (Å²) in [6.07, 6.45) is 7.57. The van der Waals surface area contributed by atoms with Gasteiger partial charge in [-0.25, -0.2) is 0 Å². The number of benzene rings is 1.